The van der Waals surface area contributed by atoms with Gasteiger partial charge in [0.1, 0.15) is 10.6 Å². The molecule has 0 bridgehead atoms. The molecule has 0 aliphatic rings. The Morgan fingerprint density at radius 2 is 2.00 bits per heavy atom. The Morgan fingerprint density at radius 3 is 2.77 bits per heavy atom. The standard InChI is InChI=1S/C22H24N4O3S2/c1-3-29-19-9-8-15(12-20(19)31(28)26-22(30)23-2)10-11-24-21(27)17-13-16-6-4-5-7-18(16)25-14-17/h4-9,12-14H,3,10-11H2,1-2H3,(H,24,27)(H2,23,26,30). The van der Waals surface area contributed by atoms with Gasteiger partial charge in [0.15, 0.2) is 16.1 Å². The summed E-state index contributed by atoms with van der Waals surface area (Å²) in [5, 5.41) is 6.85. The fraction of sp³-hybridized carbons (Fsp3) is 0.227. The summed E-state index contributed by atoms with van der Waals surface area (Å²) in [5.74, 6) is 0.344. The SMILES string of the molecule is CCOc1ccc(CCNC(=O)c2cnc3ccccc3c2)cc1S(=O)NC(=S)NC. The second-order valence-electron chi connectivity index (χ2n) is 6.59. The third-order valence-corrected chi connectivity index (χ3v) is 6.02. The number of pyridine rings is 1. The summed E-state index contributed by atoms with van der Waals surface area (Å²) in [6.45, 7) is 2.74. The second kappa shape index (κ2) is 10.8. The topological polar surface area (TPSA) is 92.3 Å². The van der Waals surface area contributed by atoms with Gasteiger partial charge in [0, 0.05) is 25.2 Å². The van der Waals surface area contributed by atoms with E-state index >= 15 is 0 Å². The smallest absolute Gasteiger partial charge is 0.252 e. The van der Waals surface area contributed by atoms with E-state index < -0.39 is 11.0 Å². The normalized spacial score (nSPS) is 11.5. The van der Waals surface area contributed by atoms with E-state index in [1.165, 1.54) is 0 Å². The molecule has 1 unspecified atom stereocenters. The number of hydrogen-bond acceptors (Lipinski definition) is 5. The predicted octanol–water partition coefficient (Wildman–Crippen LogP) is 2.72. The zero-order valence-electron chi connectivity index (χ0n) is 17.3. The maximum absolute atomic E-state index is 12.7. The predicted molar refractivity (Wildman–Crippen MR) is 127 cm³/mol. The third kappa shape index (κ3) is 5.99. The number of para-hydroxylation sites is 1. The van der Waals surface area contributed by atoms with Crippen LogP contribution in [0.15, 0.2) is 59.6 Å². The van der Waals surface area contributed by atoms with Crippen LogP contribution >= 0.6 is 12.2 Å². The van der Waals surface area contributed by atoms with Gasteiger partial charge in [-0.15, -0.1) is 0 Å². The summed E-state index contributed by atoms with van der Waals surface area (Å²) in [7, 11) is 0.0844. The van der Waals surface area contributed by atoms with Crippen LogP contribution in [0.5, 0.6) is 5.75 Å². The highest BCUT2D eigenvalue weighted by atomic mass is 32.2. The summed E-state index contributed by atoms with van der Waals surface area (Å²) in [5.41, 5.74) is 2.28. The molecule has 1 atom stereocenters. The quantitative estimate of drug-likeness (QED) is 0.452. The Hall–Kier alpha value is -3.04. The van der Waals surface area contributed by atoms with Gasteiger partial charge in [0.25, 0.3) is 5.91 Å². The van der Waals surface area contributed by atoms with Crippen molar-refractivity contribution in [3.05, 3.63) is 65.9 Å². The molecule has 3 N–H and O–H groups in total. The molecule has 0 fully saturated rings. The van der Waals surface area contributed by atoms with Gasteiger partial charge in [-0.05, 0) is 55.4 Å². The van der Waals surface area contributed by atoms with E-state index in [-0.39, 0.29) is 11.0 Å². The number of fused-ring (bicyclic) bond motifs is 1. The summed E-state index contributed by atoms with van der Waals surface area (Å²) < 4.78 is 21.0. The van der Waals surface area contributed by atoms with Crippen molar-refractivity contribution in [2.24, 2.45) is 0 Å². The molecule has 9 heteroatoms. The first-order chi connectivity index (χ1) is 15.0. The minimum absolute atomic E-state index is 0.186. The number of hydrogen-bond donors (Lipinski definition) is 3. The van der Waals surface area contributed by atoms with Gasteiger partial charge >= 0.3 is 0 Å². The van der Waals surface area contributed by atoms with Crippen LogP contribution in [0.1, 0.15) is 22.8 Å². The third-order valence-electron chi connectivity index (χ3n) is 4.47. The van der Waals surface area contributed by atoms with E-state index in [2.05, 4.69) is 20.3 Å². The lowest BCUT2D eigenvalue weighted by Crippen LogP contribution is -2.34. The number of benzene rings is 2. The Morgan fingerprint density at radius 1 is 1.19 bits per heavy atom. The number of nitrogens with one attached hydrogen (secondary N) is 3. The highest BCUT2D eigenvalue weighted by Crippen LogP contribution is 2.23. The Kier molecular flexibility index (Phi) is 7.91. The van der Waals surface area contributed by atoms with Crippen LogP contribution in [0.25, 0.3) is 10.9 Å². The fourth-order valence-corrected chi connectivity index (χ4v) is 4.11. The molecule has 0 spiro atoms. The van der Waals surface area contributed by atoms with Crippen LogP contribution in [0, 0.1) is 0 Å². The van der Waals surface area contributed by atoms with Crippen LogP contribution < -0.4 is 20.1 Å². The minimum Gasteiger partial charge on any atom is -0.493 e. The average molecular weight is 457 g/mol. The number of amides is 1. The maximum Gasteiger partial charge on any atom is 0.252 e. The number of nitrogens with zero attached hydrogens (tertiary/aromatic N) is 1. The van der Waals surface area contributed by atoms with Gasteiger partial charge in [-0.1, -0.05) is 24.3 Å². The Balaban J connectivity index is 1.66. The van der Waals surface area contributed by atoms with Crippen LogP contribution in [0.3, 0.4) is 0 Å². The molecule has 0 aliphatic heterocycles. The summed E-state index contributed by atoms with van der Waals surface area (Å²) >= 11 is 5.04. The van der Waals surface area contributed by atoms with Gasteiger partial charge < -0.3 is 15.4 Å². The van der Waals surface area contributed by atoms with Crippen LogP contribution in [-0.4, -0.2) is 40.4 Å². The van der Waals surface area contributed by atoms with E-state index in [9.17, 15) is 9.00 Å². The number of ether oxygens (including phenoxy) is 1. The largest absolute Gasteiger partial charge is 0.493 e. The Labute approximate surface area is 189 Å². The fourth-order valence-electron chi connectivity index (χ4n) is 2.94. The van der Waals surface area contributed by atoms with Crippen molar-refractivity contribution in [1.29, 1.82) is 0 Å². The lowest BCUT2D eigenvalue weighted by Gasteiger charge is -2.13. The van der Waals surface area contributed by atoms with Crippen molar-refractivity contribution >= 4 is 45.1 Å². The van der Waals surface area contributed by atoms with Gasteiger partial charge in [-0.3, -0.25) is 14.5 Å². The van der Waals surface area contributed by atoms with Crippen molar-refractivity contribution in [3.8, 4) is 5.75 Å². The first-order valence-corrected chi connectivity index (χ1v) is 11.4. The summed E-state index contributed by atoms with van der Waals surface area (Å²) in [4.78, 5) is 17.3. The van der Waals surface area contributed by atoms with E-state index in [1.54, 1.807) is 25.4 Å². The van der Waals surface area contributed by atoms with Crippen molar-refractivity contribution in [3.63, 3.8) is 0 Å². The summed E-state index contributed by atoms with van der Waals surface area (Å²) in [6, 6.07) is 15.0. The number of aromatic nitrogens is 1. The van der Waals surface area contributed by atoms with Crippen LogP contribution in [0.4, 0.5) is 0 Å². The first kappa shape index (κ1) is 22.6. The van der Waals surface area contributed by atoms with Crippen LogP contribution in [0.2, 0.25) is 0 Å². The molecule has 2 aromatic carbocycles. The molecule has 31 heavy (non-hydrogen) atoms. The van der Waals surface area contributed by atoms with E-state index in [0.29, 0.717) is 35.8 Å². The number of carbonyl (C=O) groups is 1. The first-order valence-electron chi connectivity index (χ1n) is 9.80. The monoisotopic (exact) mass is 456 g/mol. The maximum atomic E-state index is 12.7. The van der Waals surface area contributed by atoms with Gasteiger partial charge in [0.05, 0.1) is 17.7 Å². The molecule has 0 radical (unpaired) electrons. The Bertz CT molecular complexity index is 1120. The van der Waals surface area contributed by atoms with Gasteiger partial charge in [0.2, 0.25) is 0 Å². The highest BCUT2D eigenvalue weighted by molar-refractivity contribution is 7.87. The molecule has 0 aliphatic carbocycles. The zero-order valence-corrected chi connectivity index (χ0v) is 18.9. The van der Waals surface area contributed by atoms with E-state index in [1.807, 2.05) is 43.3 Å². The lowest BCUT2D eigenvalue weighted by atomic mass is 10.1. The molecular formula is C22H24N4O3S2. The molecule has 7 nitrogen and oxygen atoms in total. The van der Waals surface area contributed by atoms with E-state index in [4.69, 9.17) is 17.0 Å². The molecule has 3 aromatic rings. The van der Waals surface area contributed by atoms with Crippen molar-refractivity contribution in [1.82, 2.24) is 20.3 Å². The van der Waals surface area contributed by atoms with Crippen LogP contribution in [-0.2, 0) is 17.4 Å². The van der Waals surface area contributed by atoms with E-state index in [0.717, 1.165) is 16.5 Å². The molecule has 1 aromatic heterocycles. The zero-order chi connectivity index (χ0) is 22.2. The van der Waals surface area contributed by atoms with Crippen molar-refractivity contribution in [2.45, 2.75) is 18.2 Å². The molecule has 162 valence electrons. The van der Waals surface area contributed by atoms with Gasteiger partial charge in [-0.25, -0.2) is 4.21 Å². The molecule has 0 saturated carbocycles. The average Bonchev–Trinajstić information content (AvgIpc) is 2.79. The van der Waals surface area contributed by atoms with Crippen molar-refractivity contribution in [2.75, 3.05) is 20.2 Å². The molecule has 1 heterocycles. The van der Waals surface area contributed by atoms with Crippen molar-refractivity contribution < 1.29 is 13.7 Å². The second-order valence-corrected chi connectivity index (χ2v) is 8.18. The number of thiocarbonyl (C=S) groups is 1. The molecule has 3 rings (SSSR count). The lowest BCUT2D eigenvalue weighted by molar-refractivity contribution is 0.0954. The number of carbonyl (C=O) groups excluding carboxylic acids is 1. The highest BCUT2D eigenvalue weighted by Gasteiger charge is 2.14. The molecule has 0 saturated heterocycles. The molecule has 1 amide bonds. The summed E-state index contributed by atoms with van der Waals surface area (Å²) in [6.07, 6.45) is 2.14. The number of rotatable bonds is 8. The van der Waals surface area contributed by atoms with Gasteiger partial charge in [-0.2, -0.15) is 0 Å². The minimum atomic E-state index is -1.57. The molecular weight excluding hydrogens is 432 g/mol.